The summed E-state index contributed by atoms with van der Waals surface area (Å²) < 4.78 is 24.0. The molecule has 3 aliphatic heterocycles. The number of anilines is 1. The topological polar surface area (TPSA) is 187 Å². The molecule has 0 saturated carbocycles. The molecule has 15 heteroatoms. The van der Waals surface area contributed by atoms with E-state index in [1.54, 1.807) is 73.8 Å². The van der Waals surface area contributed by atoms with Gasteiger partial charge in [-0.2, -0.15) is 0 Å². The van der Waals surface area contributed by atoms with Gasteiger partial charge in [-0.1, -0.05) is 96.8 Å². The number of imide groups is 1. The number of cyclic esters (lactones) is 1. The second kappa shape index (κ2) is 19.9. The van der Waals surface area contributed by atoms with Crippen molar-refractivity contribution in [1.82, 2.24) is 10.2 Å². The Hall–Kier alpha value is -8.58. The van der Waals surface area contributed by atoms with Crippen molar-refractivity contribution < 1.29 is 48.2 Å². The molecule has 9 rings (SSSR count). The van der Waals surface area contributed by atoms with Crippen LogP contribution in [0.5, 0.6) is 11.5 Å². The quantitative estimate of drug-likeness (QED) is 0.0379. The Kier molecular flexibility index (Phi) is 13.3. The SMILES string of the molecule is C=CCNC(=O)[C@@H]1[C@H]2C(=O)O[C@H](c3ccccc3)[C@H](c3ccccc3)N2[C@H](c2ccccc2OCCO)[C@@]12C(=O)N(C(=O)OCc1ccc([N+](=O)[O-])cc1)c1ccc(C#Cc3ccc(OC)cc3)cc12. The molecule has 70 heavy (non-hydrogen) atoms. The minimum atomic E-state index is -2.16. The standard InChI is InChI=1S/C55H46N4O11/c1-3-30-56-51(61)46-48-52(62)70-49(39-14-8-5-9-15-39)47(38-12-6-4-7-13-38)58(48)50(42-16-10-11-17-45(42)68-32-31-60)55(46)43-33-36(19-18-35-22-27-41(67-2)28-23-35)24-29-44(43)57(53(55)63)54(64)69-34-37-20-25-40(26-21-37)59(65)66/h3-17,20-29,33,46-50,60H,1,30-32,34H2,2H3,(H,56,61)/t46-,47-,48-,49+,50+,55-/m0/s1. The summed E-state index contributed by atoms with van der Waals surface area (Å²) >= 11 is 0. The smallest absolute Gasteiger partial charge is 0.421 e. The number of benzene rings is 6. The van der Waals surface area contributed by atoms with Gasteiger partial charge in [0.25, 0.3) is 5.69 Å². The van der Waals surface area contributed by atoms with Crippen molar-refractivity contribution in [2.24, 2.45) is 5.92 Å². The zero-order chi connectivity index (χ0) is 48.9. The summed E-state index contributed by atoms with van der Waals surface area (Å²) in [6.45, 7) is 2.89. The summed E-state index contributed by atoms with van der Waals surface area (Å²) in [5.74, 6) is 3.26. The molecule has 0 aromatic heterocycles. The maximum atomic E-state index is 16.5. The van der Waals surface area contributed by atoms with Crippen molar-refractivity contribution in [3.05, 3.63) is 213 Å². The highest BCUT2D eigenvalue weighted by Crippen LogP contribution is 2.66. The molecule has 15 nitrogen and oxygen atoms in total. The van der Waals surface area contributed by atoms with E-state index in [9.17, 15) is 20.0 Å². The number of nitro benzene ring substituents is 1. The summed E-state index contributed by atoms with van der Waals surface area (Å²) in [6.07, 6.45) is -0.613. The molecule has 0 radical (unpaired) electrons. The normalized spacial score (nSPS) is 21.1. The van der Waals surface area contributed by atoms with Crippen molar-refractivity contribution in [2.75, 3.05) is 31.8 Å². The fraction of sp³-hybridized carbons (Fsp3) is 0.200. The molecule has 0 aliphatic carbocycles. The number of nitrogens with one attached hydrogen (secondary N) is 1. The molecule has 6 aromatic carbocycles. The molecule has 6 atom stereocenters. The second-order valence-electron chi connectivity index (χ2n) is 16.7. The number of aliphatic hydroxyl groups excluding tert-OH is 1. The highest BCUT2D eigenvalue weighted by Gasteiger charge is 2.76. The van der Waals surface area contributed by atoms with Crippen molar-refractivity contribution in [3.8, 4) is 23.3 Å². The van der Waals surface area contributed by atoms with Crippen LogP contribution in [-0.2, 0) is 35.9 Å². The van der Waals surface area contributed by atoms with E-state index in [2.05, 4.69) is 23.7 Å². The maximum Gasteiger partial charge on any atom is 0.421 e. The van der Waals surface area contributed by atoms with Crippen LogP contribution in [-0.4, -0.2) is 71.7 Å². The van der Waals surface area contributed by atoms with Crippen LogP contribution in [0.4, 0.5) is 16.2 Å². The van der Waals surface area contributed by atoms with Gasteiger partial charge in [-0.3, -0.25) is 29.4 Å². The number of carbonyl (C=O) groups is 4. The average Bonchev–Trinajstić information content (AvgIpc) is 3.85. The van der Waals surface area contributed by atoms with E-state index in [4.69, 9.17) is 18.9 Å². The van der Waals surface area contributed by atoms with Crippen LogP contribution in [0.1, 0.15) is 57.1 Å². The number of ether oxygens (including phenoxy) is 4. The van der Waals surface area contributed by atoms with E-state index >= 15 is 14.4 Å². The van der Waals surface area contributed by atoms with Gasteiger partial charge < -0.3 is 29.4 Å². The Bertz CT molecular complexity index is 3030. The number of hydrogen-bond acceptors (Lipinski definition) is 12. The van der Waals surface area contributed by atoms with E-state index in [1.165, 1.54) is 30.3 Å². The third kappa shape index (κ3) is 8.40. The van der Waals surface area contributed by atoms with Crippen LogP contribution >= 0.6 is 0 Å². The van der Waals surface area contributed by atoms with Gasteiger partial charge in [0.1, 0.15) is 42.3 Å². The minimum absolute atomic E-state index is 0.0434. The molecule has 6 aromatic rings. The molecule has 2 N–H and O–H groups in total. The Labute approximate surface area is 403 Å². The third-order valence-electron chi connectivity index (χ3n) is 12.9. The van der Waals surface area contributed by atoms with Crippen LogP contribution in [0, 0.1) is 27.9 Å². The van der Waals surface area contributed by atoms with Crippen LogP contribution in [0.3, 0.4) is 0 Å². The van der Waals surface area contributed by atoms with E-state index < -0.39 is 64.4 Å². The summed E-state index contributed by atoms with van der Waals surface area (Å²) in [7, 11) is 1.56. The number of morpholine rings is 1. The first-order chi connectivity index (χ1) is 34.1. The van der Waals surface area contributed by atoms with Crippen LogP contribution in [0.2, 0.25) is 0 Å². The van der Waals surface area contributed by atoms with Crippen molar-refractivity contribution in [2.45, 2.75) is 36.3 Å². The Balaban J connectivity index is 1.32. The molecule has 0 bridgehead atoms. The first kappa shape index (κ1) is 46.5. The minimum Gasteiger partial charge on any atom is -0.497 e. The number of esters is 1. The fourth-order valence-electron chi connectivity index (χ4n) is 9.95. The molecule has 2 fully saturated rings. The Morgan fingerprint density at radius 3 is 2.19 bits per heavy atom. The van der Waals surface area contributed by atoms with Crippen molar-refractivity contribution in [3.63, 3.8) is 0 Å². The van der Waals surface area contributed by atoms with Gasteiger partial charge in [0.05, 0.1) is 42.3 Å². The lowest BCUT2D eigenvalue weighted by Crippen LogP contribution is -2.55. The highest BCUT2D eigenvalue weighted by molar-refractivity contribution is 6.23. The van der Waals surface area contributed by atoms with Crippen LogP contribution in [0.25, 0.3) is 0 Å². The molecule has 3 amide bonds. The fourth-order valence-corrected chi connectivity index (χ4v) is 9.95. The molecule has 3 aliphatic rings. The molecular weight excluding hydrogens is 893 g/mol. The third-order valence-corrected chi connectivity index (χ3v) is 12.9. The molecule has 3 heterocycles. The number of amides is 3. The van der Waals surface area contributed by atoms with Crippen molar-refractivity contribution >= 4 is 35.3 Å². The van der Waals surface area contributed by atoms with Crippen LogP contribution in [0.15, 0.2) is 164 Å². The number of non-ortho nitro benzene ring substituents is 1. The zero-order valence-electron chi connectivity index (χ0n) is 37.8. The Morgan fingerprint density at radius 1 is 0.857 bits per heavy atom. The predicted molar refractivity (Wildman–Crippen MR) is 256 cm³/mol. The maximum absolute atomic E-state index is 16.5. The van der Waals surface area contributed by atoms with Crippen LogP contribution < -0.4 is 19.7 Å². The number of aliphatic hydroxyl groups is 1. The van der Waals surface area contributed by atoms with Gasteiger partial charge in [-0.05, 0) is 82.9 Å². The summed E-state index contributed by atoms with van der Waals surface area (Å²) in [5.41, 5.74) is 1.10. The van der Waals surface area contributed by atoms with Gasteiger partial charge in [-0.15, -0.1) is 6.58 Å². The van der Waals surface area contributed by atoms with Gasteiger partial charge in [0.2, 0.25) is 11.8 Å². The second-order valence-corrected chi connectivity index (χ2v) is 16.7. The number of methoxy groups -OCH3 is 1. The Morgan fingerprint density at radius 2 is 1.51 bits per heavy atom. The number of rotatable bonds is 13. The van der Waals surface area contributed by atoms with Gasteiger partial charge >= 0.3 is 12.1 Å². The predicted octanol–water partition coefficient (Wildman–Crippen LogP) is 7.68. The monoisotopic (exact) mass is 938 g/mol. The molecule has 352 valence electrons. The summed E-state index contributed by atoms with van der Waals surface area (Å²) in [6, 6.07) is 39.2. The van der Waals surface area contributed by atoms with Gasteiger partial charge in [-0.25, -0.2) is 9.69 Å². The number of para-hydroxylation sites is 1. The van der Waals surface area contributed by atoms with E-state index in [1.807, 2.05) is 65.6 Å². The zero-order valence-corrected chi connectivity index (χ0v) is 37.8. The number of nitrogens with zero attached hydrogens (tertiary/aromatic N) is 3. The number of fused-ring (bicyclic) bond motifs is 3. The average molecular weight is 939 g/mol. The summed E-state index contributed by atoms with van der Waals surface area (Å²) in [4.78, 5) is 75.7. The lowest BCUT2D eigenvalue weighted by atomic mass is 9.65. The number of hydrogen-bond donors (Lipinski definition) is 2. The molecule has 0 unspecified atom stereocenters. The number of nitro groups is 1. The van der Waals surface area contributed by atoms with E-state index in [0.29, 0.717) is 39.1 Å². The molecule has 2 saturated heterocycles. The largest absolute Gasteiger partial charge is 0.497 e. The van der Waals surface area contributed by atoms with E-state index in [-0.39, 0.29) is 49.1 Å². The number of carbonyl (C=O) groups excluding carboxylic acids is 4. The summed E-state index contributed by atoms with van der Waals surface area (Å²) in [5, 5.41) is 24.4. The lowest BCUT2D eigenvalue weighted by Gasteiger charge is -2.46. The first-order valence-corrected chi connectivity index (χ1v) is 22.4. The van der Waals surface area contributed by atoms with E-state index in [0.717, 1.165) is 4.90 Å². The molecular formula is C55H46N4O11. The lowest BCUT2D eigenvalue weighted by molar-refractivity contribution is -0.384. The van der Waals surface area contributed by atoms with Crippen molar-refractivity contribution in [1.29, 1.82) is 0 Å². The first-order valence-electron chi connectivity index (χ1n) is 22.4. The van der Waals surface area contributed by atoms with Gasteiger partial charge in [0.15, 0.2) is 0 Å². The molecule has 1 spiro atoms. The van der Waals surface area contributed by atoms with Gasteiger partial charge in [0, 0.05) is 35.4 Å². The highest BCUT2D eigenvalue weighted by atomic mass is 16.6.